The lowest BCUT2D eigenvalue weighted by molar-refractivity contribution is -0.432. The largest absolute Gasteiger partial charge is 0.508 e. The molecule has 0 fully saturated rings. The molecule has 84 valence electrons. The number of hydrogen-bond donors (Lipinski definition) is 2. The highest BCUT2D eigenvalue weighted by Crippen LogP contribution is 2.29. The topological polar surface area (TPSA) is 58.9 Å². The molecule has 0 aliphatic rings. The van der Waals surface area contributed by atoms with Crippen LogP contribution < -0.4 is 0 Å². The van der Waals surface area contributed by atoms with Crippen LogP contribution in [-0.4, -0.2) is 10.4 Å². The first-order chi connectivity index (χ1) is 7.70. The van der Waals surface area contributed by atoms with E-state index in [1.165, 1.54) is 0 Å². The van der Waals surface area contributed by atoms with Crippen molar-refractivity contribution in [3.05, 3.63) is 35.9 Å². The fraction of sp³-hybridized carbons (Fsp3) is 0.0909. The third-order valence-corrected chi connectivity index (χ3v) is 2.84. The first kappa shape index (κ1) is 11.2. The number of aryl methyl sites for hydroxylation is 1. The predicted octanol–water partition coefficient (Wildman–Crippen LogP) is 3.28. The maximum Gasteiger partial charge on any atom is 0.116 e. The Bertz CT molecular complexity index is 513. The number of phenols is 1. The zero-order valence-corrected chi connectivity index (χ0v) is 9.32. The third-order valence-electron chi connectivity index (χ3n) is 2.28. The fourth-order valence-corrected chi connectivity index (χ4v) is 2.11. The van der Waals surface area contributed by atoms with Gasteiger partial charge in [0.25, 0.3) is 0 Å². The first-order valence-electron chi connectivity index (χ1n) is 4.59. The van der Waals surface area contributed by atoms with Crippen molar-refractivity contribution < 1.29 is 19.7 Å². The van der Waals surface area contributed by atoms with Crippen molar-refractivity contribution in [2.45, 2.75) is 11.8 Å². The average Bonchev–Trinajstić information content (AvgIpc) is 2.27. The molecule has 0 aliphatic carbocycles. The Morgan fingerprint density at radius 3 is 2.75 bits per heavy atom. The van der Waals surface area contributed by atoms with Crippen LogP contribution in [0.15, 0.2) is 35.2 Å². The number of rotatable bonds is 3. The van der Waals surface area contributed by atoms with E-state index in [-0.39, 0.29) is 5.75 Å². The van der Waals surface area contributed by atoms with E-state index in [9.17, 15) is 5.11 Å². The molecule has 0 amide bonds. The standard InChI is InChI=1S/C11H10O4S/c1-7-4-10(16-15-14-13)5-8-2-3-9(12)6-11(7)8/h2-6,12-13H,1H3. The molecule has 0 atom stereocenters. The molecule has 0 radical (unpaired) electrons. The van der Waals surface area contributed by atoms with Gasteiger partial charge in [0.1, 0.15) is 5.75 Å². The Balaban J connectivity index is 2.46. The summed E-state index contributed by atoms with van der Waals surface area (Å²) in [7, 11) is 0. The average molecular weight is 238 g/mol. The summed E-state index contributed by atoms with van der Waals surface area (Å²) in [5.74, 6) is 0.242. The monoisotopic (exact) mass is 238 g/mol. The second-order valence-electron chi connectivity index (χ2n) is 3.37. The van der Waals surface area contributed by atoms with Crippen LogP contribution in [0.2, 0.25) is 0 Å². The Labute approximate surface area is 96.5 Å². The summed E-state index contributed by atoms with van der Waals surface area (Å²) >= 11 is 0.919. The molecule has 0 spiro atoms. The third kappa shape index (κ3) is 2.28. The summed E-state index contributed by atoms with van der Waals surface area (Å²) in [6.45, 7) is 1.94. The number of aromatic hydroxyl groups is 1. The summed E-state index contributed by atoms with van der Waals surface area (Å²) in [5, 5.41) is 23.0. The second-order valence-corrected chi connectivity index (χ2v) is 4.15. The molecular formula is C11H10O4S. The molecule has 0 bridgehead atoms. The van der Waals surface area contributed by atoms with Crippen LogP contribution in [0.3, 0.4) is 0 Å². The molecule has 5 heteroatoms. The van der Waals surface area contributed by atoms with Crippen LogP contribution in [0.5, 0.6) is 5.75 Å². The molecule has 0 heterocycles. The van der Waals surface area contributed by atoms with E-state index in [2.05, 4.69) is 9.37 Å². The van der Waals surface area contributed by atoms with Gasteiger partial charge in [0.2, 0.25) is 0 Å². The van der Waals surface area contributed by atoms with Crippen LogP contribution in [-0.2, 0) is 9.37 Å². The molecule has 4 nitrogen and oxygen atoms in total. The van der Waals surface area contributed by atoms with Gasteiger partial charge in [0.15, 0.2) is 0 Å². The van der Waals surface area contributed by atoms with E-state index in [0.717, 1.165) is 33.3 Å². The van der Waals surface area contributed by atoms with Crippen molar-refractivity contribution in [1.82, 2.24) is 0 Å². The quantitative estimate of drug-likeness (QED) is 0.488. The Morgan fingerprint density at radius 1 is 1.19 bits per heavy atom. The zero-order valence-electron chi connectivity index (χ0n) is 8.51. The zero-order chi connectivity index (χ0) is 11.5. The van der Waals surface area contributed by atoms with E-state index < -0.39 is 0 Å². The van der Waals surface area contributed by atoms with Crippen molar-refractivity contribution in [3.8, 4) is 5.75 Å². The van der Waals surface area contributed by atoms with Crippen LogP contribution in [0, 0.1) is 6.92 Å². The molecular weight excluding hydrogens is 228 g/mol. The number of hydrogen-bond acceptors (Lipinski definition) is 5. The number of fused-ring (bicyclic) bond motifs is 1. The molecule has 0 unspecified atom stereocenters. The summed E-state index contributed by atoms with van der Waals surface area (Å²) < 4.78 is 4.37. The van der Waals surface area contributed by atoms with Crippen molar-refractivity contribution >= 4 is 22.8 Å². The lowest BCUT2D eigenvalue weighted by atomic mass is 10.1. The lowest BCUT2D eigenvalue weighted by Crippen LogP contribution is -1.83. The van der Waals surface area contributed by atoms with Gasteiger partial charge in [0.05, 0.1) is 12.0 Å². The molecule has 2 aromatic rings. The Morgan fingerprint density at radius 2 is 2.00 bits per heavy atom. The molecule has 0 saturated heterocycles. The second kappa shape index (κ2) is 4.71. The SMILES string of the molecule is Cc1cc(SOOO)cc2ccc(O)cc12. The molecule has 0 aliphatic heterocycles. The highest BCUT2D eigenvalue weighted by molar-refractivity contribution is 7.94. The molecule has 2 rings (SSSR count). The van der Waals surface area contributed by atoms with E-state index >= 15 is 0 Å². The fourth-order valence-electron chi connectivity index (χ4n) is 1.60. The number of benzene rings is 2. The molecule has 2 N–H and O–H groups in total. The highest BCUT2D eigenvalue weighted by Gasteiger charge is 2.03. The minimum absolute atomic E-state index is 0.242. The van der Waals surface area contributed by atoms with Gasteiger partial charge in [-0.3, -0.25) is 0 Å². The molecule has 2 aromatic carbocycles. The van der Waals surface area contributed by atoms with Crippen LogP contribution >= 0.6 is 12.0 Å². The summed E-state index contributed by atoms with van der Waals surface area (Å²) in [6.07, 6.45) is 0. The van der Waals surface area contributed by atoms with E-state index in [0.29, 0.717) is 0 Å². The Kier molecular flexibility index (Phi) is 3.31. The van der Waals surface area contributed by atoms with Gasteiger partial charge in [-0.2, -0.15) is 0 Å². The molecule has 16 heavy (non-hydrogen) atoms. The van der Waals surface area contributed by atoms with E-state index in [4.69, 9.17) is 5.26 Å². The van der Waals surface area contributed by atoms with Crippen molar-refractivity contribution in [3.63, 3.8) is 0 Å². The van der Waals surface area contributed by atoms with Crippen molar-refractivity contribution in [1.29, 1.82) is 0 Å². The smallest absolute Gasteiger partial charge is 0.116 e. The summed E-state index contributed by atoms with van der Waals surface area (Å²) in [4.78, 5) is 0.810. The summed E-state index contributed by atoms with van der Waals surface area (Å²) in [6, 6.07) is 8.92. The van der Waals surface area contributed by atoms with E-state index in [1.807, 2.05) is 25.1 Å². The van der Waals surface area contributed by atoms with Crippen molar-refractivity contribution in [2.24, 2.45) is 0 Å². The van der Waals surface area contributed by atoms with Gasteiger partial charge in [-0.05, 0) is 47.5 Å². The number of phenolic OH excluding ortho intramolecular Hbond substituents is 1. The maximum atomic E-state index is 9.38. The minimum atomic E-state index is 0.242. The maximum absolute atomic E-state index is 9.38. The van der Waals surface area contributed by atoms with Gasteiger partial charge in [0, 0.05) is 4.90 Å². The predicted molar refractivity (Wildman–Crippen MR) is 61.0 cm³/mol. The highest BCUT2D eigenvalue weighted by atomic mass is 32.2. The van der Waals surface area contributed by atoms with Gasteiger partial charge in [-0.25, -0.2) is 5.26 Å². The normalized spacial score (nSPS) is 10.9. The van der Waals surface area contributed by atoms with Crippen LogP contribution in [0.25, 0.3) is 10.8 Å². The van der Waals surface area contributed by atoms with Crippen LogP contribution in [0.4, 0.5) is 0 Å². The van der Waals surface area contributed by atoms with Gasteiger partial charge >= 0.3 is 0 Å². The van der Waals surface area contributed by atoms with Crippen LogP contribution in [0.1, 0.15) is 5.56 Å². The molecule has 0 aromatic heterocycles. The Hall–Kier alpha value is -1.27. The van der Waals surface area contributed by atoms with Gasteiger partial charge in [-0.15, -0.1) is 4.33 Å². The van der Waals surface area contributed by atoms with Gasteiger partial charge in [-0.1, -0.05) is 11.1 Å². The van der Waals surface area contributed by atoms with Gasteiger partial charge < -0.3 is 5.11 Å². The van der Waals surface area contributed by atoms with E-state index in [1.54, 1.807) is 12.1 Å². The minimum Gasteiger partial charge on any atom is -0.508 e. The lowest BCUT2D eigenvalue weighted by Gasteiger charge is -2.05. The molecule has 0 saturated carbocycles. The summed E-state index contributed by atoms with van der Waals surface area (Å²) in [5.41, 5.74) is 1.01. The first-order valence-corrected chi connectivity index (χ1v) is 5.33. The van der Waals surface area contributed by atoms with Crippen molar-refractivity contribution in [2.75, 3.05) is 0 Å².